The van der Waals surface area contributed by atoms with Gasteiger partial charge in [-0.1, -0.05) is 43.2 Å². The number of nitrogens with zero attached hydrogens (tertiary/aromatic N) is 1. The minimum Gasteiger partial charge on any atom is -0.345 e. The summed E-state index contributed by atoms with van der Waals surface area (Å²) in [5.41, 5.74) is 1.79. The number of hydrogen-bond donors (Lipinski definition) is 2. The molecule has 25 heavy (non-hydrogen) atoms. The summed E-state index contributed by atoms with van der Waals surface area (Å²) in [5, 5.41) is 5.52. The molecule has 1 heterocycles. The molecular weight excluding hydrogens is 314 g/mol. The third-order valence-electron chi connectivity index (χ3n) is 4.69. The molecule has 5 nitrogen and oxygen atoms in total. The fraction of sp³-hybridized carbons (Fsp3) is 0.350. The Labute approximate surface area is 147 Å². The van der Waals surface area contributed by atoms with E-state index in [1.54, 1.807) is 18.3 Å². The van der Waals surface area contributed by atoms with Crippen LogP contribution in [0.1, 0.15) is 31.2 Å². The summed E-state index contributed by atoms with van der Waals surface area (Å²) in [6.07, 6.45) is 8.31. The number of aromatic nitrogens is 1. The van der Waals surface area contributed by atoms with Crippen LogP contribution in [0.5, 0.6) is 0 Å². The van der Waals surface area contributed by atoms with Crippen molar-refractivity contribution in [2.75, 3.05) is 5.32 Å². The van der Waals surface area contributed by atoms with E-state index >= 15 is 0 Å². The van der Waals surface area contributed by atoms with Crippen molar-refractivity contribution in [1.29, 1.82) is 0 Å². The van der Waals surface area contributed by atoms with E-state index in [1.807, 2.05) is 18.2 Å². The molecule has 2 amide bonds. The molecular formula is C20H23N3O2. The number of pyridine rings is 1. The number of nitrogens with one attached hydrogen (secondary N) is 2. The van der Waals surface area contributed by atoms with Crippen molar-refractivity contribution >= 4 is 17.5 Å². The Balaban J connectivity index is 1.59. The smallest absolute Gasteiger partial charge is 0.313 e. The first-order valence-electron chi connectivity index (χ1n) is 8.78. The standard InChI is InChI=1S/C20H23N3O2/c24-19(22-17-10-6-12-21-14-17)20(25)23-18-11-5-4-9-16(18)13-15-7-2-1-3-8-15/h1-3,6-8,10,12,14,16,18H,4-5,9,11,13H2,(H,22,24)(H,23,25)/t16-,18-/m1/s1. The lowest BCUT2D eigenvalue weighted by Crippen LogP contribution is -2.47. The van der Waals surface area contributed by atoms with Gasteiger partial charge in [-0.15, -0.1) is 0 Å². The molecule has 0 spiro atoms. The minimum absolute atomic E-state index is 0.0427. The van der Waals surface area contributed by atoms with Gasteiger partial charge in [0, 0.05) is 12.2 Å². The van der Waals surface area contributed by atoms with Crippen LogP contribution in [-0.2, 0) is 16.0 Å². The molecule has 0 saturated heterocycles. The number of anilines is 1. The highest BCUT2D eigenvalue weighted by Gasteiger charge is 2.28. The fourth-order valence-electron chi connectivity index (χ4n) is 3.42. The molecule has 1 aliphatic rings. The molecule has 1 aromatic heterocycles. The quantitative estimate of drug-likeness (QED) is 0.843. The number of carbonyl (C=O) groups is 2. The number of amides is 2. The van der Waals surface area contributed by atoms with Gasteiger partial charge in [0.1, 0.15) is 0 Å². The Bertz CT molecular complexity index is 703. The highest BCUT2D eigenvalue weighted by atomic mass is 16.2. The van der Waals surface area contributed by atoms with Gasteiger partial charge in [-0.05, 0) is 42.9 Å². The Morgan fingerprint density at radius 2 is 1.80 bits per heavy atom. The Kier molecular flexibility index (Phi) is 5.77. The first-order chi connectivity index (χ1) is 12.2. The molecule has 0 unspecified atom stereocenters. The molecule has 3 rings (SSSR count). The molecule has 130 valence electrons. The van der Waals surface area contributed by atoms with Crippen molar-refractivity contribution in [3.05, 3.63) is 60.4 Å². The summed E-state index contributed by atoms with van der Waals surface area (Å²) in [6, 6.07) is 13.8. The SMILES string of the molecule is O=C(Nc1cccnc1)C(=O)N[C@@H]1CCCC[C@@H]1Cc1ccccc1. The second-order valence-electron chi connectivity index (χ2n) is 6.51. The average molecular weight is 337 g/mol. The molecule has 2 aromatic rings. The number of rotatable bonds is 4. The molecule has 2 N–H and O–H groups in total. The minimum atomic E-state index is -0.642. The van der Waals surface area contributed by atoms with Crippen molar-refractivity contribution < 1.29 is 9.59 Å². The van der Waals surface area contributed by atoms with E-state index in [4.69, 9.17) is 0 Å². The maximum absolute atomic E-state index is 12.3. The maximum atomic E-state index is 12.3. The molecule has 0 radical (unpaired) electrons. The highest BCUT2D eigenvalue weighted by Crippen LogP contribution is 2.27. The monoisotopic (exact) mass is 337 g/mol. The van der Waals surface area contributed by atoms with Crippen LogP contribution in [0.4, 0.5) is 5.69 Å². The summed E-state index contributed by atoms with van der Waals surface area (Å²) in [4.78, 5) is 28.3. The second-order valence-corrected chi connectivity index (χ2v) is 6.51. The van der Waals surface area contributed by atoms with Crippen molar-refractivity contribution in [1.82, 2.24) is 10.3 Å². The molecule has 2 atom stereocenters. The third-order valence-corrected chi connectivity index (χ3v) is 4.69. The first-order valence-corrected chi connectivity index (χ1v) is 8.78. The summed E-state index contributed by atoms with van der Waals surface area (Å²) >= 11 is 0. The zero-order valence-corrected chi connectivity index (χ0v) is 14.2. The molecule has 1 aromatic carbocycles. The predicted octanol–water partition coefficient (Wildman–Crippen LogP) is 2.94. The van der Waals surface area contributed by atoms with Gasteiger partial charge in [0.25, 0.3) is 0 Å². The van der Waals surface area contributed by atoms with Crippen LogP contribution < -0.4 is 10.6 Å². The molecule has 0 aliphatic heterocycles. The van der Waals surface area contributed by atoms with Crippen molar-refractivity contribution in [3.63, 3.8) is 0 Å². The van der Waals surface area contributed by atoms with E-state index in [1.165, 1.54) is 18.2 Å². The van der Waals surface area contributed by atoms with Gasteiger partial charge in [-0.2, -0.15) is 0 Å². The molecule has 1 aliphatic carbocycles. The topological polar surface area (TPSA) is 71.1 Å². The van der Waals surface area contributed by atoms with Gasteiger partial charge < -0.3 is 10.6 Å². The second kappa shape index (κ2) is 8.42. The van der Waals surface area contributed by atoms with E-state index in [0.717, 1.165) is 25.7 Å². The van der Waals surface area contributed by atoms with Crippen molar-refractivity contribution in [2.45, 2.75) is 38.1 Å². The average Bonchev–Trinajstić information content (AvgIpc) is 2.65. The largest absolute Gasteiger partial charge is 0.345 e. The molecule has 5 heteroatoms. The van der Waals surface area contributed by atoms with Crippen LogP contribution in [0.2, 0.25) is 0 Å². The Morgan fingerprint density at radius 3 is 2.56 bits per heavy atom. The van der Waals surface area contributed by atoms with Crippen LogP contribution in [0.25, 0.3) is 0 Å². The molecule has 0 bridgehead atoms. The number of benzene rings is 1. The third kappa shape index (κ3) is 4.89. The van der Waals surface area contributed by atoms with E-state index in [9.17, 15) is 9.59 Å². The van der Waals surface area contributed by atoms with E-state index in [-0.39, 0.29) is 6.04 Å². The number of carbonyl (C=O) groups excluding carboxylic acids is 2. The predicted molar refractivity (Wildman–Crippen MR) is 96.9 cm³/mol. The first kappa shape index (κ1) is 17.1. The van der Waals surface area contributed by atoms with Crippen LogP contribution in [0, 0.1) is 5.92 Å². The van der Waals surface area contributed by atoms with Crippen LogP contribution >= 0.6 is 0 Å². The lowest BCUT2D eigenvalue weighted by molar-refractivity contribution is -0.137. The summed E-state index contributed by atoms with van der Waals surface area (Å²) in [7, 11) is 0. The lowest BCUT2D eigenvalue weighted by atomic mass is 9.80. The fourth-order valence-corrected chi connectivity index (χ4v) is 3.42. The number of hydrogen-bond acceptors (Lipinski definition) is 3. The van der Waals surface area contributed by atoms with Crippen molar-refractivity contribution in [2.24, 2.45) is 5.92 Å². The van der Waals surface area contributed by atoms with Gasteiger partial charge >= 0.3 is 11.8 Å². The Hall–Kier alpha value is -2.69. The lowest BCUT2D eigenvalue weighted by Gasteiger charge is -2.32. The van der Waals surface area contributed by atoms with E-state index < -0.39 is 11.8 Å². The summed E-state index contributed by atoms with van der Waals surface area (Å²) in [6.45, 7) is 0. The maximum Gasteiger partial charge on any atom is 0.313 e. The van der Waals surface area contributed by atoms with E-state index in [2.05, 4.69) is 27.8 Å². The zero-order chi connectivity index (χ0) is 17.5. The van der Waals surface area contributed by atoms with E-state index in [0.29, 0.717) is 11.6 Å². The Morgan fingerprint density at radius 1 is 1.00 bits per heavy atom. The van der Waals surface area contributed by atoms with Crippen LogP contribution in [0.15, 0.2) is 54.9 Å². The summed E-state index contributed by atoms with van der Waals surface area (Å²) in [5.74, 6) is -0.850. The van der Waals surface area contributed by atoms with Gasteiger partial charge in [-0.3, -0.25) is 14.6 Å². The molecule has 1 saturated carbocycles. The summed E-state index contributed by atoms with van der Waals surface area (Å²) < 4.78 is 0. The van der Waals surface area contributed by atoms with Crippen LogP contribution in [-0.4, -0.2) is 22.8 Å². The highest BCUT2D eigenvalue weighted by molar-refractivity contribution is 6.39. The normalized spacial score (nSPS) is 19.8. The van der Waals surface area contributed by atoms with Gasteiger partial charge in [0.05, 0.1) is 11.9 Å². The zero-order valence-electron chi connectivity index (χ0n) is 14.2. The van der Waals surface area contributed by atoms with Gasteiger partial charge in [-0.25, -0.2) is 0 Å². The van der Waals surface area contributed by atoms with Gasteiger partial charge in [0.15, 0.2) is 0 Å². The van der Waals surface area contributed by atoms with Crippen LogP contribution in [0.3, 0.4) is 0 Å². The molecule has 1 fully saturated rings. The van der Waals surface area contributed by atoms with Crippen molar-refractivity contribution in [3.8, 4) is 0 Å². The van der Waals surface area contributed by atoms with Gasteiger partial charge in [0.2, 0.25) is 0 Å².